The van der Waals surface area contributed by atoms with Crippen LogP contribution in [0, 0.1) is 5.82 Å². The van der Waals surface area contributed by atoms with Crippen LogP contribution in [0.3, 0.4) is 0 Å². The number of methoxy groups -OCH3 is 1. The summed E-state index contributed by atoms with van der Waals surface area (Å²) in [7, 11) is 1.56. The van der Waals surface area contributed by atoms with Gasteiger partial charge in [0.1, 0.15) is 12.4 Å². The van der Waals surface area contributed by atoms with Gasteiger partial charge >= 0.3 is 0 Å². The summed E-state index contributed by atoms with van der Waals surface area (Å²) in [5.41, 5.74) is 6.92. The van der Waals surface area contributed by atoms with Crippen LogP contribution >= 0.6 is 11.6 Å². The fraction of sp³-hybridized carbons (Fsp3) is 0.250. The number of hydrogen-bond acceptors (Lipinski definition) is 3. The molecule has 0 atom stereocenters. The predicted octanol–water partition coefficient (Wildman–Crippen LogP) is 3.57. The van der Waals surface area contributed by atoms with E-state index in [1.54, 1.807) is 25.3 Å². The van der Waals surface area contributed by atoms with Crippen LogP contribution < -0.4 is 15.2 Å². The van der Waals surface area contributed by atoms with E-state index in [0.29, 0.717) is 30.0 Å². The van der Waals surface area contributed by atoms with E-state index in [2.05, 4.69) is 0 Å². The molecule has 3 nitrogen and oxygen atoms in total. The quantitative estimate of drug-likeness (QED) is 0.887. The number of halogens is 2. The average Bonchev–Trinajstić information content (AvgIpc) is 2.49. The Morgan fingerprint density at radius 3 is 2.57 bits per heavy atom. The van der Waals surface area contributed by atoms with E-state index >= 15 is 0 Å². The monoisotopic (exact) mass is 309 g/mol. The largest absolute Gasteiger partial charge is 0.493 e. The van der Waals surface area contributed by atoms with Crippen molar-refractivity contribution >= 4 is 11.6 Å². The first kappa shape index (κ1) is 15.6. The topological polar surface area (TPSA) is 44.5 Å². The number of benzene rings is 2. The molecular formula is C16H17ClFNO2. The van der Waals surface area contributed by atoms with Crippen LogP contribution in [0.4, 0.5) is 4.39 Å². The standard InChI is InChI=1S/C16H17ClFNO2/c1-20-14-7-3-4-11(8-9-19)16(14)21-10-12-5-2-6-13(17)15(12)18/h2-7H,8-10,19H2,1H3. The minimum atomic E-state index is -0.463. The van der Waals surface area contributed by atoms with E-state index in [4.69, 9.17) is 26.8 Å². The molecule has 112 valence electrons. The second-order valence-electron chi connectivity index (χ2n) is 4.49. The highest BCUT2D eigenvalue weighted by Gasteiger charge is 2.12. The van der Waals surface area contributed by atoms with E-state index < -0.39 is 5.82 Å². The summed E-state index contributed by atoms with van der Waals surface area (Å²) in [6, 6.07) is 10.4. The number of ether oxygens (including phenoxy) is 2. The van der Waals surface area contributed by atoms with Crippen LogP contribution in [0.1, 0.15) is 11.1 Å². The van der Waals surface area contributed by atoms with Gasteiger partial charge in [0.2, 0.25) is 0 Å². The van der Waals surface area contributed by atoms with Crippen molar-refractivity contribution in [3.63, 3.8) is 0 Å². The van der Waals surface area contributed by atoms with Gasteiger partial charge in [0, 0.05) is 5.56 Å². The van der Waals surface area contributed by atoms with Gasteiger partial charge in [0.05, 0.1) is 12.1 Å². The molecule has 2 aromatic rings. The maximum absolute atomic E-state index is 13.9. The Hall–Kier alpha value is -1.78. The Balaban J connectivity index is 2.24. The van der Waals surface area contributed by atoms with Crippen LogP contribution in [0.25, 0.3) is 0 Å². The van der Waals surface area contributed by atoms with E-state index in [1.165, 1.54) is 6.07 Å². The molecule has 0 amide bonds. The Morgan fingerprint density at radius 1 is 1.14 bits per heavy atom. The molecule has 0 fully saturated rings. The molecule has 0 saturated heterocycles. The third-order valence-corrected chi connectivity index (χ3v) is 3.39. The molecule has 0 heterocycles. The molecule has 0 bridgehead atoms. The molecule has 0 unspecified atom stereocenters. The molecule has 0 spiro atoms. The zero-order valence-electron chi connectivity index (χ0n) is 11.7. The molecule has 0 saturated carbocycles. The van der Waals surface area contributed by atoms with Gasteiger partial charge in [-0.2, -0.15) is 0 Å². The maximum Gasteiger partial charge on any atom is 0.164 e. The predicted molar refractivity (Wildman–Crippen MR) is 81.5 cm³/mol. The molecule has 0 radical (unpaired) electrons. The van der Waals surface area contributed by atoms with Crippen LogP contribution in [-0.4, -0.2) is 13.7 Å². The first-order valence-electron chi connectivity index (χ1n) is 6.59. The lowest BCUT2D eigenvalue weighted by atomic mass is 10.1. The molecule has 0 aliphatic carbocycles. The van der Waals surface area contributed by atoms with Crippen molar-refractivity contribution < 1.29 is 13.9 Å². The lowest BCUT2D eigenvalue weighted by Gasteiger charge is -2.15. The number of nitrogens with two attached hydrogens (primary N) is 1. The summed E-state index contributed by atoms with van der Waals surface area (Å²) >= 11 is 5.76. The maximum atomic E-state index is 13.9. The third-order valence-electron chi connectivity index (χ3n) is 3.10. The van der Waals surface area contributed by atoms with Gasteiger partial charge in [-0.1, -0.05) is 35.9 Å². The van der Waals surface area contributed by atoms with Gasteiger partial charge < -0.3 is 15.2 Å². The Morgan fingerprint density at radius 2 is 1.86 bits per heavy atom. The Kier molecular flexibility index (Phi) is 5.42. The normalized spacial score (nSPS) is 10.5. The fourth-order valence-electron chi connectivity index (χ4n) is 2.05. The summed E-state index contributed by atoms with van der Waals surface area (Å²) in [5.74, 6) is 0.725. The van der Waals surface area contributed by atoms with Gasteiger partial charge in [0.25, 0.3) is 0 Å². The summed E-state index contributed by atoms with van der Waals surface area (Å²) in [5, 5.41) is 0.0818. The highest BCUT2D eigenvalue weighted by atomic mass is 35.5. The lowest BCUT2D eigenvalue weighted by Crippen LogP contribution is -2.07. The number of hydrogen-bond donors (Lipinski definition) is 1. The minimum Gasteiger partial charge on any atom is -0.493 e. The number of rotatable bonds is 6. The molecule has 0 aromatic heterocycles. The molecule has 0 aliphatic rings. The first-order valence-corrected chi connectivity index (χ1v) is 6.96. The minimum absolute atomic E-state index is 0.0737. The zero-order chi connectivity index (χ0) is 15.2. The Labute approximate surface area is 128 Å². The summed E-state index contributed by atoms with van der Waals surface area (Å²) in [6.07, 6.45) is 0.657. The van der Waals surface area contributed by atoms with Gasteiger partial charge in [0.15, 0.2) is 11.5 Å². The van der Waals surface area contributed by atoms with Crippen molar-refractivity contribution in [2.24, 2.45) is 5.73 Å². The van der Waals surface area contributed by atoms with E-state index in [-0.39, 0.29) is 11.6 Å². The van der Waals surface area contributed by atoms with Crippen LogP contribution in [0.2, 0.25) is 5.02 Å². The third kappa shape index (κ3) is 3.65. The van der Waals surface area contributed by atoms with E-state index in [0.717, 1.165) is 5.56 Å². The molecule has 5 heteroatoms. The molecule has 2 rings (SSSR count). The van der Waals surface area contributed by atoms with Crippen LogP contribution in [-0.2, 0) is 13.0 Å². The molecule has 2 N–H and O–H groups in total. The van der Waals surface area contributed by atoms with Crippen LogP contribution in [0.15, 0.2) is 36.4 Å². The number of para-hydroxylation sites is 1. The smallest absolute Gasteiger partial charge is 0.164 e. The van der Waals surface area contributed by atoms with Crippen LogP contribution in [0.5, 0.6) is 11.5 Å². The second kappa shape index (κ2) is 7.29. The first-order chi connectivity index (χ1) is 10.2. The van der Waals surface area contributed by atoms with Crippen molar-refractivity contribution in [3.05, 3.63) is 58.4 Å². The summed E-state index contributed by atoms with van der Waals surface area (Å²) < 4.78 is 24.9. The molecular weight excluding hydrogens is 293 g/mol. The van der Waals surface area contributed by atoms with Crippen molar-refractivity contribution in [1.82, 2.24) is 0 Å². The molecule has 0 aliphatic heterocycles. The van der Waals surface area contributed by atoms with E-state index in [1.807, 2.05) is 12.1 Å². The van der Waals surface area contributed by atoms with Crippen molar-refractivity contribution in [1.29, 1.82) is 0 Å². The highest BCUT2D eigenvalue weighted by molar-refractivity contribution is 6.30. The molecule has 21 heavy (non-hydrogen) atoms. The van der Waals surface area contributed by atoms with Crippen molar-refractivity contribution in [3.8, 4) is 11.5 Å². The summed E-state index contributed by atoms with van der Waals surface area (Å²) in [6.45, 7) is 0.569. The van der Waals surface area contributed by atoms with Gasteiger partial charge in [-0.15, -0.1) is 0 Å². The van der Waals surface area contributed by atoms with Gasteiger partial charge in [-0.3, -0.25) is 0 Å². The van der Waals surface area contributed by atoms with Gasteiger partial charge in [-0.25, -0.2) is 4.39 Å². The second-order valence-corrected chi connectivity index (χ2v) is 4.90. The van der Waals surface area contributed by atoms with Crippen molar-refractivity contribution in [2.75, 3.05) is 13.7 Å². The fourth-order valence-corrected chi connectivity index (χ4v) is 2.24. The summed E-state index contributed by atoms with van der Waals surface area (Å²) in [4.78, 5) is 0. The SMILES string of the molecule is COc1cccc(CCN)c1OCc1cccc(Cl)c1F. The lowest BCUT2D eigenvalue weighted by molar-refractivity contribution is 0.277. The average molecular weight is 310 g/mol. The van der Waals surface area contributed by atoms with Gasteiger partial charge in [-0.05, 0) is 30.7 Å². The Bertz CT molecular complexity index is 619. The molecule has 2 aromatic carbocycles. The zero-order valence-corrected chi connectivity index (χ0v) is 12.5. The van der Waals surface area contributed by atoms with Crippen molar-refractivity contribution in [2.45, 2.75) is 13.0 Å². The highest BCUT2D eigenvalue weighted by Crippen LogP contribution is 2.32. The van der Waals surface area contributed by atoms with E-state index in [9.17, 15) is 4.39 Å².